The van der Waals surface area contributed by atoms with Crippen molar-refractivity contribution in [2.45, 2.75) is 13.5 Å². The number of rotatable bonds is 5. The van der Waals surface area contributed by atoms with Crippen molar-refractivity contribution in [3.63, 3.8) is 0 Å². The fourth-order valence-electron chi connectivity index (χ4n) is 1.69. The van der Waals surface area contributed by atoms with Crippen molar-refractivity contribution in [2.24, 2.45) is 0 Å². The van der Waals surface area contributed by atoms with E-state index >= 15 is 0 Å². The minimum absolute atomic E-state index is 0.633. The van der Waals surface area contributed by atoms with Gasteiger partial charge in [0.05, 0.1) is 5.02 Å². The molecule has 0 atom stereocenters. The van der Waals surface area contributed by atoms with E-state index in [1.807, 2.05) is 42.5 Å². The summed E-state index contributed by atoms with van der Waals surface area (Å²) < 4.78 is 7.09. The third-order valence-corrected chi connectivity index (χ3v) is 3.66. The molecule has 2 aromatic rings. The fourth-order valence-corrected chi connectivity index (χ4v) is 2.28. The topological polar surface area (TPSA) is 21.3 Å². The van der Waals surface area contributed by atoms with Crippen LogP contribution in [-0.2, 0) is 6.54 Å². The van der Waals surface area contributed by atoms with Crippen LogP contribution < -0.4 is 10.1 Å². The molecule has 2 aromatic carbocycles. The molecule has 4 heteroatoms. The summed E-state index contributed by atoms with van der Waals surface area (Å²) in [6, 6.07) is 13.7. The number of ether oxygens (including phenoxy) is 1. The van der Waals surface area contributed by atoms with Crippen LogP contribution in [0.3, 0.4) is 0 Å². The predicted octanol–water partition coefficient (Wildman–Crippen LogP) is 4.85. The Morgan fingerprint density at radius 2 is 1.89 bits per heavy atom. The Morgan fingerprint density at radius 1 is 1.16 bits per heavy atom. The van der Waals surface area contributed by atoms with E-state index in [-0.39, 0.29) is 0 Å². The molecule has 0 aromatic heterocycles. The molecular weight excluding hydrogens is 373 g/mol. The van der Waals surface area contributed by atoms with Gasteiger partial charge in [-0.05, 0) is 59.5 Å². The highest BCUT2D eigenvalue weighted by atomic mass is 127. The van der Waals surface area contributed by atoms with Gasteiger partial charge in [-0.3, -0.25) is 0 Å². The number of para-hydroxylation sites is 1. The van der Waals surface area contributed by atoms with E-state index in [1.54, 1.807) is 0 Å². The van der Waals surface area contributed by atoms with Gasteiger partial charge >= 0.3 is 0 Å². The van der Waals surface area contributed by atoms with Crippen molar-refractivity contribution in [1.29, 1.82) is 0 Å². The molecule has 0 bridgehead atoms. The van der Waals surface area contributed by atoms with E-state index in [1.165, 1.54) is 3.57 Å². The SMILES string of the molecule is CCNCc1cccc(Cl)c1Oc1ccc(I)cc1. The Morgan fingerprint density at radius 3 is 2.58 bits per heavy atom. The van der Waals surface area contributed by atoms with Gasteiger partial charge in [-0.2, -0.15) is 0 Å². The van der Waals surface area contributed by atoms with Crippen LogP contribution in [0.1, 0.15) is 12.5 Å². The summed E-state index contributed by atoms with van der Waals surface area (Å²) in [6.07, 6.45) is 0. The van der Waals surface area contributed by atoms with Crippen molar-refractivity contribution in [1.82, 2.24) is 5.32 Å². The summed E-state index contributed by atoms with van der Waals surface area (Å²) in [5.74, 6) is 1.53. The molecule has 0 radical (unpaired) electrons. The van der Waals surface area contributed by atoms with Crippen molar-refractivity contribution < 1.29 is 4.74 Å². The second-order valence-corrected chi connectivity index (χ2v) is 5.72. The zero-order chi connectivity index (χ0) is 13.7. The third kappa shape index (κ3) is 4.09. The van der Waals surface area contributed by atoms with Crippen LogP contribution in [0.15, 0.2) is 42.5 Å². The van der Waals surface area contributed by atoms with Gasteiger partial charge in [0.15, 0.2) is 0 Å². The van der Waals surface area contributed by atoms with E-state index in [2.05, 4.69) is 34.8 Å². The highest BCUT2D eigenvalue weighted by Crippen LogP contribution is 2.33. The molecule has 19 heavy (non-hydrogen) atoms. The first-order valence-corrected chi connectivity index (χ1v) is 7.58. The lowest BCUT2D eigenvalue weighted by Gasteiger charge is -2.13. The normalized spacial score (nSPS) is 10.5. The zero-order valence-electron chi connectivity index (χ0n) is 10.6. The van der Waals surface area contributed by atoms with Crippen molar-refractivity contribution in [3.8, 4) is 11.5 Å². The molecule has 0 aliphatic carbocycles. The van der Waals surface area contributed by atoms with Crippen LogP contribution in [0.4, 0.5) is 0 Å². The number of nitrogens with one attached hydrogen (secondary N) is 1. The van der Waals surface area contributed by atoms with Gasteiger partial charge in [0.2, 0.25) is 0 Å². The number of benzene rings is 2. The fraction of sp³-hybridized carbons (Fsp3) is 0.200. The van der Waals surface area contributed by atoms with Crippen LogP contribution >= 0.6 is 34.2 Å². The Hall–Kier alpha value is -0.780. The second kappa shape index (κ2) is 7.12. The Labute approximate surface area is 132 Å². The molecule has 0 spiro atoms. The molecule has 1 N–H and O–H groups in total. The molecule has 0 saturated heterocycles. The van der Waals surface area contributed by atoms with Crippen LogP contribution in [-0.4, -0.2) is 6.54 Å². The van der Waals surface area contributed by atoms with E-state index in [0.717, 1.165) is 30.2 Å². The molecule has 0 aliphatic heterocycles. The molecule has 0 unspecified atom stereocenters. The molecule has 2 rings (SSSR count). The second-order valence-electron chi connectivity index (χ2n) is 4.06. The summed E-state index contributed by atoms with van der Waals surface area (Å²) in [4.78, 5) is 0. The molecule has 100 valence electrons. The lowest BCUT2D eigenvalue weighted by atomic mass is 10.2. The van der Waals surface area contributed by atoms with Crippen molar-refractivity contribution in [3.05, 3.63) is 56.6 Å². The molecule has 2 nitrogen and oxygen atoms in total. The largest absolute Gasteiger partial charge is 0.455 e. The van der Waals surface area contributed by atoms with Crippen molar-refractivity contribution >= 4 is 34.2 Å². The summed E-state index contributed by atoms with van der Waals surface area (Å²) in [6.45, 7) is 3.73. The maximum Gasteiger partial charge on any atom is 0.150 e. The highest BCUT2D eigenvalue weighted by Gasteiger charge is 2.09. The van der Waals surface area contributed by atoms with Gasteiger partial charge in [-0.25, -0.2) is 0 Å². The summed E-state index contributed by atoms with van der Waals surface area (Å²) in [5, 5.41) is 3.92. The zero-order valence-corrected chi connectivity index (χ0v) is 13.5. The average molecular weight is 388 g/mol. The Balaban J connectivity index is 2.25. The standard InChI is InChI=1S/C15H15ClINO/c1-2-18-10-11-4-3-5-14(16)15(11)19-13-8-6-12(17)7-9-13/h3-9,18H,2,10H2,1H3. The van der Waals surface area contributed by atoms with E-state index < -0.39 is 0 Å². The number of halogens is 2. The first-order chi connectivity index (χ1) is 9.20. The number of hydrogen-bond acceptors (Lipinski definition) is 2. The highest BCUT2D eigenvalue weighted by molar-refractivity contribution is 14.1. The van der Waals surface area contributed by atoms with E-state index in [0.29, 0.717) is 5.02 Å². The third-order valence-electron chi connectivity index (χ3n) is 2.65. The molecule has 0 heterocycles. The summed E-state index contributed by atoms with van der Waals surface area (Å²) in [5.41, 5.74) is 1.06. The van der Waals surface area contributed by atoms with Crippen LogP contribution in [0.25, 0.3) is 0 Å². The van der Waals surface area contributed by atoms with E-state index in [9.17, 15) is 0 Å². The number of hydrogen-bond donors (Lipinski definition) is 1. The maximum absolute atomic E-state index is 6.24. The Kier molecular flexibility index (Phi) is 5.48. The monoisotopic (exact) mass is 387 g/mol. The Bertz CT molecular complexity index is 542. The maximum atomic E-state index is 6.24. The molecule has 0 saturated carbocycles. The van der Waals surface area contributed by atoms with Gasteiger partial charge in [0.25, 0.3) is 0 Å². The lowest BCUT2D eigenvalue weighted by molar-refractivity contribution is 0.473. The average Bonchev–Trinajstić information content (AvgIpc) is 2.42. The van der Waals surface area contributed by atoms with Gasteiger partial charge in [-0.1, -0.05) is 30.7 Å². The van der Waals surface area contributed by atoms with Gasteiger partial charge in [-0.15, -0.1) is 0 Å². The first-order valence-electron chi connectivity index (χ1n) is 6.12. The molecule has 0 fully saturated rings. The van der Waals surface area contributed by atoms with Gasteiger partial charge in [0, 0.05) is 15.7 Å². The molecule has 0 amide bonds. The molecular formula is C15H15ClINO. The smallest absolute Gasteiger partial charge is 0.150 e. The van der Waals surface area contributed by atoms with Crippen LogP contribution in [0.2, 0.25) is 5.02 Å². The van der Waals surface area contributed by atoms with Gasteiger partial charge in [0.1, 0.15) is 11.5 Å². The minimum atomic E-state index is 0.633. The predicted molar refractivity (Wildman–Crippen MR) is 88.1 cm³/mol. The lowest BCUT2D eigenvalue weighted by Crippen LogP contribution is -2.12. The first kappa shape index (κ1) is 14.6. The van der Waals surface area contributed by atoms with E-state index in [4.69, 9.17) is 16.3 Å². The van der Waals surface area contributed by atoms with Gasteiger partial charge < -0.3 is 10.1 Å². The quantitative estimate of drug-likeness (QED) is 0.741. The summed E-state index contributed by atoms with van der Waals surface area (Å²) >= 11 is 8.50. The van der Waals surface area contributed by atoms with Crippen molar-refractivity contribution in [2.75, 3.05) is 6.54 Å². The summed E-state index contributed by atoms with van der Waals surface area (Å²) in [7, 11) is 0. The van der Waals surface area contributed by atoms with Crippen LogP contribution in [0, 0.1) is 3.57 Å². The minimum Gasteiger partial charge on any atom is -0.455 e. The molecule has 0 aliphatic rings. The van der Waals surface area contributed by atoms with Crippen LogP contribution in [0.5, 0.6) is 11.5 Å².